The molecule has 694 valence electrons. The molecule has 0 saturated carbocycles. The summed E-state index contributed by atoms with van der Waals surface area (Å²) in [6.07, 6.45) is 6.62. The second kappa shape index (κ2) is 57.8. The molecule has 3 aliphatic rings. The van der Waals surface area contributed by atoms with Crippen LogP contribution in [0.3, 0.4) is 0 Å². The highest BCUT2D eigenvalue weighted by atomic mass is 32.2. The van der Waals surface area contributed by atoms with Crippen LogP contribution in [0.2, 0.25) is 0 Å². The monoisotopic (exact) mass is 1770 g/mol. The molecule has 0 radical (unpaired) electrons. The number of aromatic hydroxyl groups is 3. The molecule has 0 spiro atoms. The van der Waals surface area contributed by atoms with Gasteiger partial charge in [-0.3, -0.25) is 14.4 Å². The number of hydrogen-bond acceptors (Lipinski definition) is 27. The van der Waals surface area contributed by atoms with E-state index in [1.807, 2.05) is 32.0 Å². The molecule has 31 nitrogen and oxygen atoms in total. The van der Waals surface area contributed by atoms with E-state index in [9.17, 15) is 87.4 Å². The fourth-order valence-corrected chi connectivity index (χ4v) is 15.4. The second-order valence-corrected chi connectivity index (χ2v) is 35.2. The van der Waals surface area contributed by atoms with Gasteiger partial charge < -0.3 is 110 Å². The third kappa shape index (κ3) is 43.5. The number of ether oxygens (including phenoxy) is 7. The molecule has 3 aliphatic heterocycles. The number of para-hydroxylation sites is 3. The Labute approximate surface area is 726 Å². The highest BCUT2D eigenvalue weighted by Gasteiger charge is 2.37. The molecule has 3 heterocycles. The average Bonchev–Trinajstić information content (AvgIpc) is 0.813. The number of carbonyl (C=O) groups is 3. The van der Waals surface area contributed by atoms with Crippen molar-refractivity contribution < 1.29 is 131 Å². The SMILES string of the molecule is C.CCC1CC(CCCC2CC(CC(O)CCCC3CC(CCC[C@H](C)O)OC(CNC(=O)c4ccc(S(N)(=O)=O)cc4)O3)OC(c3ccccc3O)O2)OC(c2ccccc2O)O1.COC(C)CNC(=O)c1ccc(S(N)(=O)=O)cc1.O=Cc1ccccc1O.[CH2+][C@H](O)CCCC(O)CC(O)CCCC(O)CC(O)CC(O)CCCC(O)CC(O)CC. The van der Waals surface area contributed by atoms with Crippen LogP contribution in [0.5, 0.6) is 17.2 Å². The van der Waals surface area contributed by atoms with Gasteiger partial charge in [0.15, 0.2) is 31.3 Å². The number of primary sulfonamides is 2. The standard InChI is InChI=1S/C47H66N2O13S.C24H49O8.C11H16N2O4S.C7H6O2.CH4/c1-3-33-26-36(60-46(59-33)40-17-4-6-19-42(40)52)15-10-16-37-28-38(62-47(61-37)41-18-5-7-20-43(41)53)25-32(51)12-9-14-35-27-34(13-8-11-30(2)50)57-44(58-35)29-49-45(54)31-21-23-39(24-22-31)63(48,55)56;1-3-18(26)13-19(27)9-5-11-22(30)15-24(32)16-23(31)12-6-10-21(29)14-20(28)8-4-7-17(2)25;1-8(17-2)7-13-11(14)9-3-5-10(6-4-9)18(12,15)16;8-5-6-3-1-2-4-7(6)9;/h4-7,17-24,30,32-38,44,46-47,50-53H,3,8-16,25-29H2,1-2H3,(H,49,54)(H2,48,55,56);17-32H,2-16H2,1H3;3-6,8H,7H2,1-2H3,(H,13,14)(H2,12,15,16);1-5,9H;1H4/q;+1;;;/t30-,32?,33?,34?,35?,36?,37?,38?,44?,46?,47?;17-,18?,19?,20?,21?,22?,23?,24?;;;/m00.../s1. The van der Waals surface area contributed by atoms with Crippen molar-refractivity contribution in [2.24, 2.45) is 10.3 Å². The number of nitrogens with two attached hydrogens (primary N) is 2. The maximum atomic E-state index is 12.9. The molecule has 3 saturated heterocycles. The van der Waals surface area contributed by atoms with Gasteiger partial charge >= 0.3 is 0 Å². The highest BCUT2D eigenvalue weighted by Crippen LogP contribution is 2.40. The summed E-state index contributed by atoms with van der Waals surface area (Å²) >= 11 is 0. The number of sulfonamides is 2. The summed E-state index contributed by atoms with van der Waals surface area (Å²) < 4.78 is 88.2. The van der Waals surface area contributed by atoms with Gasteiger partial charge in [0.25, 0.3) is 11.8 Å². The molecule has 0 aromatic heterocycles. The van der Waals surface area contributed by atoms with Gasteiger partial charge in [-0.1, -0.05) is 69.8 Å². The number of aliphatic hydroxyl groups excluding tert-OH is 10. The lowest BCUT2D eigenvalue weighted by Gasteiger charge is -2.38. The van der Waals surface area contributed by atoms with E-state index in [4.69, 9.17) is 53.6 Å². The number of aldehydes is 1. The van der Waals surface area contributed by atoms with E-state index in [2.05, 4.69) is 24.5 Å². The van der Waals surface area contributed by atoms with Gasteiger partial charge in [-0.2, -0.15) is 0 Å². The van der Waals surface area contributed by atoms with Crippen LogP contribution >= 0.6 is 0 Å². The predicted octanol–water partition coefficient (Wildman–Crippen LogP) is 9.90. The van der Waals surface area contributed by atoms with Crippen LogP contribution in [0.15, 0.2) is 131 Å². The maximum absolute atomic E-state index is 12.9. The van der Waals surface area contributed by atoms with Crippen molar-refractivity contribution in [2.45, 2.75) is 347 Å². The lowest BCUT2D eigenvalue weighted by Crippen LogP contribution is -2.44. The van der Waals surface area contributed by atoms with E-state index in [1.54, 1.807) is 62.6 Å². The predicted molar refractivity (Wildman–Crippen MR) is 463 cm³/mol. The van der Waals surface area contributed by atoms with E-state index in [0.29, 0.717) is 157 Å². The zero-order valence-corrected chi connectivity index (χ0v) is 72.7. The third-order valence-corrected chi connectivity index (χ3v) is 23.2. The number of benzene rings is 5. The fourth-order valence-electron chi connectivity index (χ4n) is 14.3. The van der Waals surface area contributed by atoms with Gasteiger partial charge in [-0.15, -0.1) is 0 Å². The minimum Gasteiger partial charge on any atom is -0.507 e. The first-order valence-corrected chi connectivity index (χ1v) is 45.7. The van der Waals surface area contributed by atoms with Crippen molar-refractivity contribution in [3.63, 3.8) is 0 Å². The van der Waals surface area contributed by atoms with Crippen LogP contribution in [-0.2, 0) is 53.2 Å². The van der Waals surface area contributed by atoms with Gasteiger partial charge in [-0.05, 0) is 241 Å². The van der Waals surface area contributed by atoms with Crippen molar-refractivity contribution in [3.8, 4) is 17.2 Å². The zero-order valence-electron chi connectivity index (χ0n) is 71.1. The molecule has 123 heavy (non-hydrogen) atoms. The Balaban J connectivity index is 0.000000435. The lowest BCUT2D eigenvalue weighted by molar-refractivity contribution is -0.257. The van der Waals surface area contributed by atoms with Crippen molar-refractivity contribution in [3.05, 3.63) is 156 Å². The van der Waals surface area contributed by atoms with Crippen LogP contribution in [0.4, 0.5) is 0 Å². The number of phenolic OH excluding ortho intramolecular Hbond substituents is 3. The Hall–Kier alpha value is -6.88. The second-order valence-electron chi connectivity index (χ2n) is 32.1. The molecule has 20 atom stereocenters. The van der Waals surface area contributed by atoms with Gasteiger partial charge in [-0.25, -0.2) is 27.1 Å². The number of hydrogen-bond donors (Lipinski definition) is 17. The molecule has 3 fully saturated rings. The quantitative estimate of drug-likeness (QED) is 0.0127. The van der Waals surface area contributed by atoms with Crippen LogP contribution in [0.1, 0.15) is 270 Å². The molecular formula is C90H141N4O27S2+. The van der Waals surface area contributed by atoms with Gasteiger partial charge in [0.05, 0.1) is 126 Å². The van der Waals surface area contributed by atoms with Crippen molar-refractivity contribution in [1.29, 1.82) is 0 Å². The highest BCUT2D eigenvalue weighted by molar-refractivity contribution is 7.89. The zero-order chi connectivity index (χ0) is 89.9. The van der Waals surface area contributed by atoms with Crippen molar-refractivity contribution in [2.75, 3.05) is 20.2 Å². The first kappa shape index (κ1) is 108. The summed E-state index contributed by atoms with van der Waals surface area (Å²) in [6, 6.07) is 31.2. The van der Waals surface area contributed by atoms with E-state index in [1.165, 1.54) is 54.6 Å². The molecule has 8 rings (SSSR count). The Morgan fingerprint density at radius 3 is 1.26 bits per heavy atom. The number of phenols is 3. The number of aliphatic hydroxyl groups is 10. The van der Waals surface area contributed by atoms with Gasteiger partial charge in [0.2, 0.25) is 20.0 Å². The summed E-state index contributed by atoms with van der Waals surface area (Å²) in [5.41, 5.74) is 2.12. The summed E-state index contributed by atoms with van der Waals surface area (Å²) in [5.74, 6) is -0.450. The van der Waals surface area contributed by atoms with Gasteiger partial charge in [0, 0.05) is 61.6 Å². The first-order chi connectivity index (χ1) is 57.9. The molecule has 18 unspecified atom stereocenters. The lowest BCUT2D eigenvalue weighted by atomic mass is 9.95. The molecule has 33 heteroatoms. The van der Waals surface area contributed by atoms with Gasteiger partial charge in [0.1, 0.15) is 17.2 Å². The molecule has 5 aromatic rings. The fraction of sp³-hybridized carbons (Fsp3) is 0.622. The van der Waals surface area contributed by atoms with Crippen LogP contribution in [0, 0.1) is 6.92 Å². The number of rotatable bonds is 48. The summed E-state index contributed by atoms with van der Waals surface area (Å²) in [6.45, 7) is 11.4. The largest absolute Gasteiger partial charge is 0.507 e. The molecule has 2 amide bonds. The minimum absolute atomic E-state index is 0. The Kier molecular flexibility index (Phi) is 50.9. The topological polar surface area (TPSA) is 523 Å². The van der Waals surface area contributed by atoms with E-state index >= 15 is 0 Å². The molecule has 0 aliphatic carbocycles. The number of methoxy groups -OCH3 is 1. The Morgan fingerprint density at radius 2 is 0.846 bits per heavy atom. The number of amides is 2. The normalized spacial score (nSPS) is 21.8. The Bertz CT molecular complexity index is 3980. The van der Waals surface area contributed by atoms with Crippen molar-refractivity contribution in [1.82, 2.24) is 10.6 Å². The molecule has 0 bridgehead atoms. The summed E-state index contributed by atoms with van der Waals surface area (Å²) in [7, 11) is -6.06. The molecule has 19 N–H and O–H groups in total. The summed E-state index contributed by atoms with van der Waals surface area (Å²) in [4.78, 5) is 34.5. The molecule has 5 aromatic carbocycles. The van der Waals surface area contributed by atoms with E-state index < -0.39 is 106 Å². The van der Waals surface area contributed by atoms with E-state index in [-0.39, 0.29) is 114 Å². The average molecular weight is 1780 g/mol. The Morgan fingerprint density at radius 1 is 0.472 bits per heavy atom. The van der Waals surface area contributed by atoms with Crippen molar-refractivity contribution >= 4 is 38.1 Å². The maximum Gasteiger partial charge on any atom is 0.251 e. The van der Waals surface area contributed by atoms with E-state index in [0.717, 1.165) is 38.5 Å². The van der Waals surface area contributed by atoms with Crippen LogP contribution in [-0.4, -0.2) is 232 Å². The smallest absolute Gasteiger partial charge is 0.251 e. The third-order valence-electron chi connectivity index (χ3n) is 21.4. The molecular weight excluding hydrogens is 1630 g/mol. The van der Waals surface area contributed by atoms with Crippen LogP contribution < -0.4 is 20.9 Å². The number of nitrogens with one attached hydrogen (secondary N) is 2. The first-order valence-electron chi connectivity index (χ1n) is 42.7. The van der Waals surface area contributed by atoms with Crippen LogP contribution in [0.25, 0.3) is 0 Å². The summed E-state index contributed by atoms with van der Waals surface area (Å²) in [5, 5.41) is 145. The minimum atomic E-state index is -3.89. The number of carbonyl (C=O) groups excluding carboxylic acids is 3.